The zero-order valence-corrected chi connectivity index (χ0v) is 12.7. The molecule has 1 aliphatic heterocycles. The number of carbonyl (C=O) groups excluding carboxylic acids is 1. The lowest BCUT2D eigenvalue weighted by Gasteiger charge is -2.22. The van der Waals surface area contributed by atoms with Crippen LogP contribution in [0.4, 0.5) is 4.39 Å². The van der Waals surface area contributed by atoms with Gasteiger partial charge in [0.15, 0.2) is 0 Å². The average Bonchev–Trinajstić information content (AvgIpc) is 2.59. The van der Waals surface area contributed by atoms with Crippen molar-refractivity contribution < 1.29 is 9.18 Å². The Morgan fingerprint density at radius 2 is 2.10 bits per heavy atom. The Bertz CT molecular complexity index is 510. The van der Waals surface area contributed by atoms with Gasteiger partial charge < -0.3 is 5.32 Å². The molecule has 0 aliphatic carbocycles. The molecule has 0 unspecified atom stereocenters. The molecule has 1 aliphatic rings. The van der Waals surface area contributed by atoms with Crippen LogP contribution in [0.1, 0.15) is 37.8 Å². The van der Waals surface area contributed by atoms with E-state index in [1.165, 1.54) is 12.1 Å². The standard InChI is InChI=1S/C14H17Cl2FN2O/c1-8(9-6-12(17)11(16)7-10(9)15)19-13-4-2-3-5-18-14(13)20/h6-8,13,19H,2-5H2,1H3,(H,18,20)/t8-,13-/m0/s1. The molecule has 0 radical (unpaired) electrons. The van der Waals surface area contributed by atoms with Crippen LogP contribution in [0.2, 0.25) is 10.0 Å². The molecule has 2 rings (SSSR count). The molecule has 20 heavy (non-hydrogen) atoms. The summed E-state index contributed by atoms with van der Waals surface area (Å²) in [6.07, 6.45) is 2.73. The average molecular weight is 319 g/mol. The first-order chi connectivity index (χ1) is 9.49. The summed E-state index contributed by atoms with van der Waals surface area (Å²) in [5.74, 6) is -0.523. The first kappa shape index (κ1) is 15.5. The summed E-state index contributed by atoms with van der Waals surface area (Å²) < 4.78 is 13.5. The largest absolute Gasteiger partial charge is 0.355 e. The molecule has 0 saturated carbocycles. The molecular formula is C14H17Cl2FN2O. The summed E-state index contributed by atoms with van der Waals surface area (Å²) in [6.45, 7) is 2.56. The number of hydrogen-bond acceptors (Lipinski definition) is 2. The van der Waals surface area contributed by atoms with Gasteiger partial charge >= 0.3 is 0 Å². The molecule has 0 bridgehead atoms. The van der Waals surface area contributed by atoms with Crippen molar-refractivity contribution in [1.82, 2.24) is 10.6 Å². The number of rotatable bonds is 3. The number of halogens is 3. The van der Waals surface area contributed by atoms with E-state index in [1.54, 1.807) is 0 Å². The van der Waals surface area contributed by atoms with Crippen LogP contribution < -0.4 is 10.6 Å². The van der Waals surface area contributed by atoms with E-state index in [0.29, 0.717) is 17.1 Å². The highest BCUT2D eigenvalue weighted by Gasteiger charge is 2.23. The van der Waals surface area contributed by atoms with E-state index in [-0.39, 0.29) is 23.0 Å². The van der Waals surface area contributed by atoms with E-state index in [1.807, 2.05) is 6.92 Å². The Kier molecular flexibility index (Phi) is 5.24. The van der Waals surface area contributed by atoms with E-state index in [4.69, 9.17) is 23.2 Å². The van der Waals surface area contributed by atoms with Crippen molar-refractivity contribution in [3.63, 3.8) is 0 Å². The Morgan fingerprint density at radius 1 is 1.35 bits per heavy atom. The molecular weight excluding hydrogens is 302 g/mol. The van der Waals surface area contributed by atoms with E-state index in [2.05, 4.69) is 10.6 Å². The highest BCUT2D eigenvalue weighted by Crippen LogP contribution is 2.29. The Labute approximate surface area is 127 Å². The summed E-state index contributed by atoms with van der Waals surface area (Å²) in [6, 6.07) is 2.20. The van der Waals surface area contributed by atoms with Gasteiger partial charge in [-0.1, -0.05) is 23.2 Å². The maximum atomic E-state index is 13.5. The van der Waals surface area contributed by atoms with Crippen LogP contribution in [-0.2, 0) is 4.79 Å². The third-order valence-corrected chi connectivity index (χ3v) is 4.11. The fourth-order valence-electron chi connectivity index (χ4n) is 2.36. The Hall–Kier alpha value is -0.840. The normalized spacial score (nSPS) is 21.2. The summed E-state index contributed by atoms with van der Waals surface area (Å²) in [5.41, 5.74) is 0.602. The van der Waals surface area contributed by atoms with Crippen molar-refractivity contribution >= 4 is 29.1 Å². The number of benzene rings is 1. The van der Waals surface area contributed by atoms with Gasteiger partial charge in [-0.05, 0) is 43.9 Å². The van der Waals surface area contributed by atoms with Crippen LogP contribution >= 0.6 is 23.2 Å². The van der Waals surface area contributed by atoms with Crippen molar-refractivity contribution in [2.45, 2.75) is 38.3 Å². The number of carbonyl (C=O) groups is 1. The van der Waals surface area contributed by atoms with Gasteiger partial charge in [0.1, 0.15) is 5.82 Å². The van der Waals surface area contributed by atoms with E-state index in [0.717, 1.165) is 19.3 Å². The molecule has 1 amide bonds. The first-order valence-corrected chi connectivity index (χ1v) is 7.43. The van der Waals surface area contributed by atoms with Gasteiger partial charge in [-0.3, -0.25) is 10.1 Å². The summed E-state index contributed by atoms with van der Waals surface area (Å²) in [7, 11) is 0. The second-order valence-electron chi connectivity index (χ2n) is 5.02. The minimum Gasteiger partial charge on any atom is -0.355 e. The third-order valence-electron chi connectivity index (χ3n) is 3.49. The lowest BCUT2D eigenvalue weighted by molar-refractivity contribution is -0.123. The predicted octanol–water partition coefficient (Wildman–Crippen LogP) is 3.45. The summed E-state index contributed by atoms with van der Waals surface area (Å²) >= 11 is 11.8. The molecule has 1 heterocycles. The van der Waals surface area contributed by atoms with E-state index < -0.39 is 5.82 Å². The monoisotopic (exact) mass is 318 g/mol. The smallest absolute Gasteiger partial charge is 0.237 e. The molecule has 6 heteroatoms. The molecule has 2 atom stereocenters. The quantitative estimate of drug-likeness (QED) is 0.838. The zero-order chi connectivity index (χ0) is 14.7. The first-order valence-electron chi connectivity index (χ1n) is 6.67. The molecule has 1 saturated heterocycles. The van der Waals surface area contributed by atoms with Crippen LogP contribution in [0.15, 0.2) is 12.1 Å². The lowest BCUT2D eigenvalue weighted by atomic mass is 10.0. The fourth-order valence-corrected chi connectivity index (χ4v) is 2.91. The van der Waals surface area contributed by atoms with Gasteiger partial charge in [0.2, 0.25) is 5.91 Å². The fraction of sp³-hybridized carbons (Fsp3) is 0.500. The third kappa shape index (κ3) is 3.62. The maximum absolute atomic E-state index is 13.5. The van der Waals surface area contributed by atoms with E-state index in [9.17, 15) is 9.18 Å². The van der Waals surface area contributed by atoms with Gasteiger partial charge in [0.25, 0.3) is 0 Å². The predicted molar refractivity (Wildman–Crippen MR) is 78.6 cm³/mol. The van der Waals surface area contributed by atoms with Crippen LogP contribution in [-0.4, -0.2) is 18.5 Å². The van der Waals surface area contributed by atoms with Crippen LogP contribution in [0.25, 0.3) is 0 Å². The second kappa shape index (κ2) is 6.74. The van der Waals surface area contributed by atoms with Crippen LogP contribution in [0.3, 0.4) is 0 Å². The Morgan fingerprint density at radius 3 is 2.85 bits per heavy atom. The summed E-state index contributed by atoms with van der Waals surface area (Å²) in [5, 5.41) is 6.46. The molecule has 1 aromatic rings. The Balaban J connectivity index is 2.13. The van der Waals surface area contributed by atoms with Gasteiger partial charge in [-0.15, -0.1) is 0 Å². The number of hydrogen-bond donors (Lipinski definition) is 2. The molecule has 3 nitrogen and oxygen atoms in total. The van der Waals surface area contributed by atoms with Gasteiger partial charge in [-0.25, -0.2) is 4.39 Å². The second-order valence-corrected chi connectivity index (χ2v) is 5.83. The number of amides is 1. The topological polar surface area (TPSA) is 41.1 Å². The van der Waals surface area contributed by atoms with Gasteiger partial charge in [-0.2, -0.15) is 0 Å². The van der Waals surface area contributed by atoms with Crippen molar-refractivity contribution in [2.75, 3.05) is 6.54 Å². The highest BCUT2D eigenvalue weighted by atomic mass is 35.5. The van der Waals surface area contributed by atoms with Crippen LogP contribution in [0, 0.1) is 5.82 Å². The van der Waals surface area contributed by atoms with E-state index >= 15 is 0 Å². The van der Waals surface area contributed by atoms with Crippen LogP contribution in [0.5, 0.6) is 0 Å². The van der Waals surface area contributed by atoms with Crippen molar-refractivity contribution in [3.8, 4) is 0 Å². The molecule has 2 N–H and O–H groups in total. The molecule has 1 fully saturated rings. The van der Waals surface area contributed by atoms with Crippen molar-refractivity contribution in [1.29, 1.82) is 0 Å². The van der Waals surface area contributed by atoms with Gasteiger partial charge in [0, 0.05) is 17.6 Å². The maximum Gasteiger partial charge on any atom is 0.237 e. The lowest BCUT2D eigenvalue weighted by Crippen LogP contribution is -2.43. The number of nitrogens with one attached hydrogen (secondary N) is 2. The van der Waals surface area contributed by atoms with Crippen molar-refractivity contribution in [3.05, 3.63) is 33.6 Å². The van der Waals surface area contributed by atoms with Crippen molar-refractivity contribution in [2.24, 2.45) is 0 Å². The molecule has 1 aromatic carbocycles. The molecule has 0 spiro atoms. The SMILES string of the molecule is C[C@H](N[C@H]1CCCCNC1=O)c1cc(F)c(Cl)cc1Cl. The highest BCUT2D eigenvalue weighted by molar-refractivity contribution is 6.35. The van der Waals surface area contributed by atoms with Gasteiger partial charge in [0.05, 0.1) is 11.1 Å². The minimum absolute atomic E-state index is 0.00170. The minimum atomic E-state index is -0.509. The molecule has 0 aromatic heterocycles. The zero-order valence-electron chi connectivity index (χ0n) is 11.2. The molecule has 110 valence electrons. The summed E-state index contributed by atoms with van der Waals surface area (Å²) in [4.78, 5) is 11.9.